The van der Waals surface area contributed by atoms with Crippen LogP contribution < -0.4 is 0 Å². The third kappa shape index (κ3) is 3.11. The molecule has 0 radical (unpaired) electrons. The van der Waals surface area contributed by atoms with E-state index in [1.807, 2.05) is 4.90 Å². The second-order valence-electron chi connectivity index (χ2n) is 5.19. The minimum atomic E-state index is -0.644. The van der Waals surface area contributed by atoms with E-state index in [1.54, 1.807) is 6.92 Å². The molecule has 1 aromatic rings. The minimum Gasteiger partial charge on any atom is -0.396 e. The molecule has 1 saturated heterocycles. The number of aliphatic hydroxyl groups excluding tert-OH is 2. The lowest BCUT2D eigenvalue weighted by atomic mass is 9.94. The molecule has 5 heteroatoms. The van der Waals surface area contributed by atoms with E-state index in [9.17, 15) is 13.9 Å². The zero-order chi connectivity index (χ0) is 14.0. The Morgan fingerprint density at radius 2 is 2.11 bits per heavy atom. The van der Waals surface area contributed by atoms with Gasteiger partial charge in [0.15, 0.2) is 0 Å². The van der Waals surface area contributed by atoms with Crippen LogP contribution in [0.4, 0.5) is 8.78 Å². The predicted octanol–water partition coefficient (Wildman–Crippen LogP) is 1.45. The molecule has 2 atom stereocenters. The number of β-amino-alcohol motifs (C(OH)–C–C–N with tert-alkyl or cyclic N) is 1. The second-order valence-corrected chi connectivity index (χ2v) is 5.19. The van der Waals surface area contributed by atoms with Crippen molar-refractivity contribution in [3.63, 3.8) is 0 Å². The van der Waals surface area contributed by atoms with Gasteiger partial charge in [0.1, 0.15) is 11.6 Å². The summed E-state index contributed by atoms with van der Waals surface area (Å²) in [4.78, 5) is 1.82. The Bertz CT molecular complexity index is 453. The van der Waals surface area contributed by atoms with Gasteiger partial charge < -0.3 is 10.2 Å². The van der Waals surface area contributed by atoms with Gasteiger partial charge in [-0.25, -0.2) is 8.78 Å². The molecular formula is C14H19F2NO2. The zero-order valence-electron chi connectivity index (χ0n) is 10.9. The SMILES string of the molecule is Cc1ccc(F)c(CN2CC[C@H](CO)[C@H](O)C2)c1F. The van der Waals surface area contributed by atoms with Crippen molar-refractivity contribution in [2.45, 2.75) is 26.0 Å². The maximum atomic E-state index is 13.9. The van der Waals surface area contributed by atoms with Gasteiger partial charge in [0, 0.05) is 31.2 Å². The van der Waals surface area contributed by atoms with Crippen LogP contribution in [0.5, 0.6) is 0 Å². The number of nitrogens with zero attached hydrogens (tertiary/aromatic N) is 1. The van der Waals surface area contributed by atoms with Gasteiger partial charge in [0.25, 0.3) is 0 Å². The summed E-state index contributed by atoms with van der Waals surface area (Å²) in [5.74, 6) is -1.20. The lowest BCUT2D eigenvalue weighted by Gasteiger charge is -2.35. The smallest absolute Gasteiger partial charge is 0.133 e. The van der Waals surface area contributed by atoms with E-state index in [4.69, 9.17) is 5.11 Å². The van der Waals surface area contributed by atoms with Crippen molar-refractivity contribution in [1.82, 2.24) is 4.90 Å². The van der Waals surface area contributed by atoms with Crippen molar-refractivity contribution in [2.24, 2.45) is 5.92 Å². The zero-order valence-corrected chi connectivity index (χ0v) is 10.9. The van der Waals surface area contributed by atoms with Crippen molar-refractivity contribution in [3.05, 3.63) is 34.9 Å². The fourth-order valence-corrected chi connectivity index (χ4v) is 2.49. The second kappa shape index (κ2) is 5.94. The van der Waals surface area contributed by atoms with Crippen LogP contribution >= 0.6 is 0 Å². The van der Waals surface area contributed by atoms with Crippen molar-refractivity contribution < 1.29 is 19.0 Å². The quantitative estimate of drug-likeness (QED) is 0.874. The van der Waals surface area contributed by atoms with Crippen LogP contribution in [0.2, 0.25) is 0 Å². The van der Waals surface area contributed by atoms with Gasteiger partial charge in [-0.2, -0.15) is 0 Å². The topological polar surface area (TPSA) is 43.7 Å². The van der Waals surface area contributed by atoms with E-state index in [0.717, 1.165) is 0 Å². The fraction of sp³-hybridized carbons (Fsp3) is 0.571. The van der Waals surface area contributed by atoms with Crippen LogP contribution in [0.1, 0.15) is 17.5 Å². The number of benzene rings is 1. The van der Waals surface area contributed by atoms with Crippen molar-refractivity contribution in [3.8, 4) is 0 Å². The average Bonchev–Trinajstić information content (AvgIpc) is 2.39. The van der Waals surface area contributed by atoms with Crippen LogP contribution in [-0.4, -0.2) is 40.9 Å². The first-order valence-electron chi connectivity index (χ1n) is 6.47. The highest BCUT2D eigenvalue weighted by Gasteiger charge is 2.28. The Morgan fingerprint density at radius 3 is 2.74 bits per heavy atom. The summed E-state index contributed by atoms with van der Waals surface area (Å²) in [7, 11) is 0. The van der Waals surface area contributed by atoms with Crippen LogP contribution in [-0.2, 0) is 6.54 Å². The van der Waals surface area contributed by atoms with E-state index in [2.05, 4.69) is 0 Å². The van der Waals surface area contributed by atoms with Crippen molar-refractivity contribution >= 4 is 0 Å². The highest BCUT2D eigenvalue weighted by Crippen LogP contribution is 2.22. The molecule has 1 fully saturated rings. The first-order chi connectivity index (χ1) is 9.02. The highest BCUT2D eigenvalue weighted by atomic mass is 19.1. The molecular weight excluding hydrogens is 252 g/mol. The number of aliphatic hydroxyl groups is 2. The molecule has 0 amide bonds. The maximum absolute atomic E-state index is 13.9. The number of halogens is 2. The van der Waals surface area contributed by atoms with Gasteiger partial charge in [-0.3, -0.25) is 4.90 Å². The lowest BCUT2D eigenvalue weighted by Crippen LogP contribution is -2.44. The minimum absolute atomic E-state index is 0.0506. The normalized spacial score (nSPS) is 24.7. The average molecular weight is 271 g/mol. The largest absolute Gasteiger partial charge is 0.396 e. The monoisotopic (exact) mass is 271 g/mol. The first kappa shape index (κ1) is 14.4. The van der Waals surface area contributed by atoms with Crippen molar-refractivity contribution in [1.29, 1.82) is 0 Å². The molecule has 0 saturated carbocycles. The van der Waals surface area contributed by atoms with Crippen LogP contribution in [0.25, 0.3) is 0 Å². The van der Waals surface area contributed by atoms with E-state index < -0.39 is 17.7 Å². The molecule has 0 aliphatic carbocycles. The highest BCUT2D eigenvalue weighted by molar-refractivity contribution is 5.26. The Hall–Kier alpha value is -1.04. The van der Waals surface area contributed by atoms with Crippen LogP contribution in [0.3, 0.4) is 0 Å². The number of aryl methyl sites for hydroxylation is 1. The molecule has 0 spiro atoms. The molecule has 1 heterocycles. The van der Waals surface area contributed by atoms with Crippen LogP contribution in [0, 0.1) is 24.5 Å². The van der Waals surface area contributed by atoms with E-state index >= 15 is 0 Å². The molecule has 3 nitrogen and oxygen atoms in total. The first-order valence-corrected chi connectivity index (χ1v) is 6.47. The molecule has 1 aromatic carbocycles. The molecule has 0 bridgehead atoms. The van der Waals surface area contributed by atoms with Gasteiger partial charge >= 0.3 is 0 Å². The summed E-state index contributed by atoms with van der Waals surface area (Å²) < 4.78 is 27.5. The van der Waals surface area contributed by atoms with Gasteiger partial charge in [-0.15, -0.1) is 0 Å². The molecule has 1 aliphatic rings. The summed E-state index contributed by atoms with van der Waals surface area (Å²) in [5, 5.41) is 18.9. The van der Waals surface area contributed by atoms with E-state index in [0.29, 0.717) is 25.1 Å². The molecule has 106 valence electrons. The number of piperidine rings is 1. The third-order valence-electron chi connectivity index (χ3n) is 3.80. The molecule has 19 heavy (non-hydrogen) atoms. The van der Waals surface area contributed by atoms with E-state index in [-0.39, 0.29) is 24.6 Å². The molecule has 0 unspecified atom stereocenters. The Balaban J connectivity index is 2.09. The Morgan fingerprint density at radius 1 is 1.37 bits per heavy atom. The number of hydrogen-bond acceptors (Lipinski definition) is 3. The summed E-state index contributed by atoms with van der Waals surface area (Å²) in [6, 6.07) is 2.69. The Kier molecular flexibility index (Phi) is 4.50. The summed E-state index contributed by atoms with van der Waals surface area (Å²) in [6.07, 6.45) is -0.0121. The Labute approximate surface area is 111 Å². The molecule has 1 aliphatic heterocycles. The lowest BCUT2D eigenvalue weighted by molar-refractivity contribution is -0.00506. The molecule has 0 aromatic heterocycles. The van der Waals surface area contributed by atoms with Gasteiger partial charge in [-0.05, 0) is 31.5 Å². The molecule has 2 rings (SSSR count). The summed E-state index contributed by atoms with van der Waals surface area (Å²) in [5.41, 5.74) is 0.469. The van der Waals surface area contributed by atoms with Gasteiger partial charge in [-0.1, -0.05) is 6.07 Å². The van der Waals surface area contributed by atoms with E-state index in [1.165, 1.54) is 12.1 Å². The van der Waals surface area contributed by atoms with Gasteiger partial charge in [0.05, 0.1) is 6.10 Å². The number of likely N-dealkylation sites (tertiary alicyclic amines) is 1. The number of rotatable bonds is 3. The van der Waals surface area contributed by atoms with Gasteiger partial charge in [0.2, 0.25) is 0 Å². The summed E-state index contributed by atoms with van der Waals surface area (Å²) in [6.45, 7) is 2.65. The predicted molar refractivity (Wildman–Crippen MR) is 67.6 cm³/mol. The number of hydrogen-bond donors (Lipinski definition) is 2. The molecule has 2 N–H and O–H groups in total. The third-order valence-corrected chi connectivity index (χ3v) is 3.80. The maximum Gasteiger partial charge on any atom is 0.133 e. The summed E-state index contributed by atoms with van der Waals surface area (Å²) >= 11 is 0. The fourth-order valence-electron chi connectivity index (χ4n) is 2.49. The van der Waals surface area contributed by atoms with Crippen molar-refractivity contribution in [2.75, 3.05) is 19.7 Å². The standard InChI is InChI=1S/C14H19F2NO2/c1-9-2-3-12(15)11(14(9)16)6-17-5-4-10(8-18)13(19)7-17/h2-3,10,13,18-19H,4-8H2,1H3/t10-,13-/m1/s1. The van der Waals surface area contributed by atoms with Crippen LogP contribution in [0.15, 0.2) is 12.1 Å².